The quantitative estimate of drug-likeness (QED) is 0.498. The second kappa shape index (κ2) is 11.4. The molecule has 2 aliphatic heterocycles. The van der Waals surface area contributed by atoms with Gasteiger partial charge in [-0.2, -0.15) is 12.6 Å². The number of amides is 2. The Morgan fingerprint density at radius 1 is 1.24 bits per heavy atom. The molecule has 2 aliphatic rings. The first-order chi connectivity index (χ1) is 11.7. The lowest BCUT2D eigenvalue weighted by molar-refractivity contribution is -0.130. The van der Waals surface area contributed by atoms with Crippen LogP contribution < -0.4 is 5.32 Å². The number of rotatable bonds is 0. The van der Waals surface area contributed by atoms with Crippen LogP contribution in [0.5, 0.6) is 0 Å². The summed E-state index contributed by atoms with van der Waals surface area (Å²) in [6, 6.07) is 0. The first kappa shape index (κ1) is 23.8. The van der Waals surface area contributed by atoms with E-state index in [0.717, 1.165) is 31.6 Å². The van der Waals surface area contributed by atoms with Crippen molar-refractivity contribution >= 4 is 24.6 Å². The number of carbonyl (C=O) groups is 2. The fraction of sp³-hybridized carbons (Fsp3) is 0.789. The molecular weight excluding hydrogens is 336 g/mol. The van der Waals surface area contributed by atoms with E-state index >= 15 is 0 Å². The van der Waals surface area contributed by atoms with Crippen LogP contribution in [0, 0.1) is 5.41 Å². The Morgan fingerprint density at radius 2 is 1.72 bits per heavy atom. The van der Waals surface area contributed by atoms with Crippen molar-refractivity contribution < 1.29 is 14.3 Å². The van der Waals surface area contributed by atoms with Crippen LogP contribution in [-0.2, 0) is 9.53 Å². The van der Waals surface area contributed by atoms with Crippen molar-refractivity contribution in [1.29, 1.82) is 0 Å². The summed E-state index contributed by atoms with van der Waals surface area (Å²) in [6.45, 7) is 13.6. The highest BCUT2D eigenvalue weighted by Gasteiger charge is 2.45. The molecule has 2 amide bonds. The van der Waals surface area contributed by atoms with E-state index in [1.165, 1.54) is 0 Å². The smallest absolute Gasteiger partial charge is 0.410 e. The van der Waals surface area contributed by atoms with Crippen LogP contribution >= 0.6 is 12.6 Å². The summed E-state index contributed by atoms with van der Waals surface area (Å²) in [5.74, 6) is 1.10. The van der Waals surface area contributed by atoms with Crippen LogP contribution in [0.2, 0.25) is 0 Å². The minimum Gasteiger partial charge on any atom is -0.444 e. The van der Waals surface area contributed by atoms with Gasteiger partial charge in [-0.1, -0.05) is 19.1 Å². The van der Waals surface area contributed by atoms with Crippen LogP contribution in [0.4, 0.5) is 4.79 Å². The van der Waals surface area contributed by atoms with E-state index < -0.39 is 5.60 Å². The van der Waals surface area contributed by atoms with Crippen molar-refractivity contribution in [3.05, 3.63) is 12.2 Å². The number of carbonyl (C=O) groups excluding carboxylic acids is 2. The summed E-state index contributed by atoms with van der Waals surface area (Å²) in [4.78, 5) is 25.4. The Morgan fingerprint density at radius 3 is 2.04 bits per heavy atom. The molecule has 0 saturated carbocycles. The second-order valence-corrected chi connectivity index (χ2v) is 7.87. The van der Waals surface area contributed by atoms with Gasteiger partial charge in [0.15, 0.2) is 0 Å². The SMILES string of the molecule is CC(C)(C)OC(=O)N1CCC2(CCNC2=O)CC1.CC=CC.CCS. The number of piperidine rings is 1. The molecule has 2 heterocycles. The van der Waals surface area contributed by atoms with Crippen LogP contribution in [0.25, 0.3) is 0 Å². The van der Waals surface area contributed by atoms with E-state index in [-0.39, 0.29) is 17.4 Å². The zero-order valence-corrected chi connectivity index (χ0v) is 17.6. The molecule has 0 aromatic heterocycles. The number of hydrogen-bond acceptors (Lipinski definition) is 4. The summed E-state index contributed by atoms with van der Waals surface area (Å²) in [7, 11) is 0. The third-order valence-electron chi connectivity index (χ3n) is 4.08. The fourth-order valence-corrected chi connectivity index (χ4v) is 2.64. The third kappa shape index (κ3) is 8.66. The van der Waals surface area contributed by atoms with Gasteiger partial charge in [-0.15, -0.1) is 0 Å². The van der Waals surface area contributed by atoms with Gasteiger partial charge in [0.25, 0.3) is 0 Å². The molecule has 146 valence electrons. The molecule has 2 fully saturated rings. The Hall–Kier alpha value is -1.17. The van der Waals surface area contributed by atoms with Crippen molar-refractivity contribution in [3.63, 3.8) is 0 Å². The lowest BCUT2D eigenvalue weighted by atomic mass is 9.77. The van der Waals surface area contributed by atoms with Gasteiger partial charge >= 0.3 is 6.09 Å². The molecule has 0 atom stereocenters. The zero-order chi connectivity index (χ0) is 19.5. The number of likely N-dealkylation sites (tertiary alicyclic amines) is 1. The first-order valence-corrected chi connectivity index (χ1v) is 9.73. The molecule has 6 heteroatoms. The van der Waals surface area contributed by atoms with Gasteiger partial charge < -0.3 is 15.0 Å². The molecule has 0 unspecified atom stereocenters. The summed E-state index contributed by atoms with van der Waals surface area (Å²) >= 11 is 3.79. The Balaban J connectivity index is 0.000000708. The molecule has 0 aromatic rings. The molecule has 0 aliphatic carbocycles. The maximum Gasteiger partial charge on any atom is 0.410 e. The predicted octanol–water partition coefficient (Wildman–Crippen LogP) is 4.04. The maximum absolute atomic E-state index is 11.9. The largest absolute Gasteiger partial charge is 0.444 e. The van der Waals surface area contributed by atoms with Gasteiger partial charge in [0.05, 0.1) is 5.41 Å². The topological polar surface area (TPSA) is 58.6 Å². The average molecular weight is 373 g/mol. The number of allylic oxidation sites excluding steroid dienone is 2. The fourth-order valence-electron chi connectivity index (χ4n) is 2.64. The highest BCUT2D eigenvalue weighted by molar-refractivity contribution is 7.80. The van der Waals surface area contributed by atoms with Crippen LogP contribution in [-0.4, -0.2) is 47.9 Å². The summed E-state index contributed by atoms with van der Waals surface area (Å²) in [5.41, 5.74) is -0.685. The van der Waals surface area contributed by atoms with Crippen molar-refractivity contribution in [2.24, 2.45) is 5.41 Å². The van der Waals surface area contributed by atoms with E-state index in [2.05, 4.69) is 17.9 Å². The zero-order valence-electron chi connectivity index (χ0n) is 16.7. The van der Waals surface area contributed by atoms with Crippen molar-refractivity contribution in [3.8, 4) is 0 Å². The minimum atomic E-state index is -0.461. The van der Waals surface area contributed by atoms with E-state index in [0.29, 0.717) is 13.1 Å². The van der Waals surface area contributed by atoms with Gasteiger partial charge in [0.2, 0.25) is 5.91 Å². The molecule has 1 spiro atoms. The van der Waals surface area contributed by atoms with E-state index in [4.69, 9.17) is 4.74 Å². The lowest BCUT2D eigenvalue weighted by Crippen LogP contribution is -2.47. The van der Waals surface area contributed by atoms with Gasteiger partial charge in [0, 0.05) is 19.6 Å². The van der Waals surface area contributed by atoms with Crippen LogP contribution in [0.15, 0.2) is 12.2 Å². The molecule has 0 aromatic carbocycles. The standard InChI is InChI=1S/C13H22N2O3.C4H8.C2H6S/c1-12(2,3)18-11(17)15-8-5-13(6-9-15)4-7-14-10(13)16;1-3-4-2;1-2-3/h4-9H2,1-3H3,(H,14,16);3-4H,1-2H3;3H,2H2,1H3. The molecule has 2 saturated heterocycles. The van der Waals surface area contributed by atoms with Gasteiger partial charge in [-0.3, -0.25) is 4.79 Å². The van der Waals surface area contributed by atoms with E-state index in [1.54, 1.807) is 4.90 Å². The molecule has 2 rings (SSSR count). The monoisotopic (exact) mass is 372 g/mol. The predicted molar refractivity (Wildman–Crippen MR) is 107 cm³/mol. The number of nitrogens with zero attached hydrogens (tertiary/aromatic N) is 1. The molecule has 0 bridgehead atoms. The molecule has 25 heavy (non-hydrogen) atoms. The third-order valence-corrected chi connectivity index (χ3v) is 4.08. The van der Waals surface area contributed by atoms with Crippen LogP contribution in [0.3, 0.4) is 0 Å². The number of ether oxygens (including phenoxy) is 1. The Bertz CT molecular complexity index is 432. The van der Waals surface area contributed by atoms with Crippen molar-refractivity contribution in [2.75, 3.05) is 25.4 Å². The van der Waals surface area contributed by atoms with Crippen molar-refractivity contribution in [2.45, 2.75) is 66.4 Å². The second-order valence-electron chi connectivity index (χ2n) is 7.24. The van der Waals surface area contributed by atoms with Gasteiger partial charge in [-0.05, 0) is 59.6 Å². The number of nitrogens with one attached hydrogen (secondary N) is 1. The first-order valence-electron chi connectivity index (χ1n) is 9.10. The lowest BCUT2D eigenvalue weighted by Gasteiger charge is -2.37. The van der Waals surface area contributed by atoms with Gasteiger partial charge in [-0.25, -0.2) is 4.79 Å². The van der Waals surface area contributed by atoms with E-state index in [9.17, 15) is 9.59 Å². The summed E-state index contributed by atoms with van der Waals surface area (Å²) in [5, 5.41) is 2.89. The molecule has 0 radical (unpaired) electrons. The number of thiol groups is 1. The minimum absolute atomic E-state index is 0.159. The Labute approximate surface area is 159 Å². The molecule has 5 nitrogen and oxygen atoms in total. The summed E-state index contributed by atoms with van der Waals surface area (Å²) in [6.07, 6.45) is 6.13. The van der Waals surface area contributed by atoms with Crippen molar-refractivity contribution in [1.82, 2.24) is 10.2 Å². The molecular formula is C19H36N2O3S. The Kier molecular flexibility index (Phi) is 10.9. The normalized spacial score (nSPS) is 18.8. The maximum atomic E-state index is 11.9. The van der Waals surface area contributed by atoms with E-state index in [1.807, 2.05) is 53.7 Å². The average Bonchev–Trinajstić information content (AvgIpc) is 2.88. The molecule has 1 N–H and O–H groups in total. The highest BCUT2D eigenvalue weighted by atomic mass is 32.1. The highest BCUT2D eigenvalue weighted by Crippen LogP contribution is 2.38. The van der Waals surface area contributed by atoms with Gasteiger partial charge in [0.1, 0.15) is 5.60 Å². The number of hydrogen-bond donors (Lipinski definition) is 2. The van der Waals surface area contributed by atoms with Crippen LogP contribution in [0.1, 0.15) is 60.8 Å². The summed E-state index contributed by atoms with van der Waals surface area (Å²) < 4.78 is 5.34.